The second-order valence-corrected chi connectivity index (χ2v) is 5.35. The first kappa shape index (κ1) is 15.3. The van der Waals surface area contributed by atoms with Gasteiger partial charge in [-0.3, -0.25) is 4.79 Å². The molecule has 1 heterocycles. The predicted octanol–water partition coefficient (Wildman–Crippen LogP) is 2.11. The number of halogens is 1. The Bertz CT molecular complexity index is 434. The maximum absolute atomic E-state index is 11.7. The van der Waals surface area contributed by atoms with Crippen LogP contribution in [0, 0.1) is 0 Å². The number of hydrogen-bond acceptors (Lipinski definition) is 3. The zero-order valence-corrected chi connectivity index (χ0v) is 12.3. The minimum atomic E-state index is -0.00106. The fraction of sp³-hybridized carbons (Fsp3) is 0.533. The van der Waals surface area contributed by atoms with E-state index in [1.165, 1.54) is 0 Å². The van der Waals surface area contributed by atoms with Crippen molar-refractivity contribution in [3.8, 4) is 0 Å². The van der Waals surface area contributed by atoms with Crippen molar-refractivity contribution in [2.24, 2.45) is 0 Å². The Labute approximate surface area is 124 Å². The second kappa shape index (κ2) is 8.25. The summed E-state index contributed by atoms with van der Waals surface area (Å²) in [6.45, 7) is 2.96. The normalized spacial score (nSPS) is 16.1. The van der Waals surface area contributed by atoms with Crippen molar-refractivity contribution in [3.63, 3.8) is 0 Å². The molecule has 0 saturated carbocycles. The predicted molar refractivity (Wildman–Crippen MR) is 79.8 cm³/mol. The number of carbonyl (C=O) groups is 1. The maximum atomic E-state index is 11.7. The van der Waals surface area contributed by atoms with Crippen LogP contribution >= 0.6 is 11.6 Å². The number of nitrogens with one attached hydrogen (secondary N) is 2. The molecule has 0 aromatic heterocycles. The topological polar surface area (TPSA) is 50.4 Å². The lowest BCUT2D eigenvalue weighted by Gasteiger charge is -2.22. The summed E-state index contributed by atoms with van der Waals surface area (Å²) in [6, 6.07) is 7.52. The van der Waals surface area contributed by atoms with Crippen molar-refractivity contribution < 1.29 is 9.53 Å². The molecule has 1 aliphatic heterocycles. The molecule has 0 spiro atoms. The number of hydrogen-bond donors (Lipinski definition) is 2. The molecule has 1 saturated heterocycles. The van der Waals surface area contributed by atoms with Crippen LogP contribution in [0.15, 0.2) is 24.3 Å². The maximum Gasteiger partial charge on any atom is 0.222 e. The fourth-order valence-corrected chi connectivity index (χ4v) is 2.41. The highest BCUT2D eigenvalue weighted by atomic mass is 35.5. The monoisotopic (exact) mass is 296 g/mol. The van der Waals surface area contributed by atoms with E-state index in [9.17, 15) is 4.79 Å². The summed E-state index contributed by atoms with van der Waals surface area (Å²) in [5.41, 5.74) is 0.932. The Balaban J connectivity index is 1.62. The van der Waals surface area contributed by atoms with Gasteiger partial charge in [0.2, 0.25) is 5.91 Å². The van der Waals surface area contributed by atoms with Crippen LogP contribution in [0.3, 0.4) is 0 Å². The van der Waals surface area contributed by atoms with Crippen molar-refractivity contribution in [1.29, 1.82) is 0 Å². The van der Waals surface area contributed by atoms with E-state index in [-0.39, 0.29) is 5.91 Å². The average Bonchev–Trinajstić information content (AvgIpc) is 2.47. The molecule has 20 heavy (non-hydrogen) atoms. The van der Waals surface area contributed by atoms with Crippen molar-refractivity contribution in [2.45, 2.75) is 31.9 Å². The van der Waals surface area contributed by atoms with Gasteiger partial charge in [0.1, 0.15) is 0 Å². The SMILES string of the molecule is O=C(CCOC1CCNCC1)NCc1ccccc1Cl. The summed E-state index contributed by atoms with van der Waals surface area (Å²) in [6.07, 6.45) is 2.75. The Morgan fingerprint density at radius 1 is 1.35 bits per heavy atom. The molecule has 4 nitrogen and oxygen atoms in total. The summed E-state index contributed by atoms with van der Waals surface area (Å²) < 4.78 is 5.70. The third-order valence-corrected chi connectivity index (χ3v) is 3.77. The highest BCUT2D eigenvalue weighted by Crippen LogP contribution is 2.14. The van der Waals surface area contributed by atoms with E-state index in [1.807, 2.05) is 24.3 Å². The van der Waals surface area contributed by atoms with Crippen LogP contribution in [0.1, 0.15) is 24.8 Å². The van der Waals surface area contributed by atoms with Gasteiger partial charge in [-0.1, -0.05) is 29.8 Å². The van der Waals surface area contributed by atoms with Crippen molar-refractivity contribution in [2.75, 3.05) is 19.7 Å². The number of carbonyl (C=O) groups excluding carboxylic acids is 1. The molecule has 1 aliphatic rings. The number of ether oxygens (including phenoxy) is 1. The second-order valence-electron chi connectivity index (χ2n) is 4.94. The van der Waals surface area contributed by atoms with E-state index in [0.717, 1.165) is 31.5 Å². The number of piperidine rings is 1. The molecular formula is C15H21ClN2O2. The van der Waals surface area contributed by atoms with E-state index in [4.69, 9.17) is 16.3 Å². The highest BCUT2D eigenvalue weighted by Gasteiger charge is 2.13. The largest absolute Gasteiger partial charge is 0.378 e. The Kier molecular flexibility index (Phi) is 6.30. The fourth-order valence-electron chi connectivity index (χ4n) is 2.20. The molecule has 1 fully saturated rings. The number of benzene rings is 1. The van der Waals surface area contributed by atoms with E-state index in [2.05, 4.69) is 10.6 Å². The smallest absolute Gasteiger partial charge is 0.222 e. The van der Waals surface area contributed by atoms with E-state index in [1.54, 1.807) is 0 Å². The molecule has 1 amide bonds. The molecule has 0 unspecified atom stereocenters. The van der Waals surface area contributed by atoms with E-state index < -0.39 is 0 Å². The molecular weight excluding hydrogens is 276 g/mol. The molecule has 5 heteroatoms. The number of amides is 1. The average molecular weight is 297 g/mol. The lowest BCUT2D eigenvalue weighted by Crippen LogP contribution is -2.33. The van der Waals surface area contributed by atoms with Crippen LogP contribution in [0.5, 0.6) is 0 Å². The molecule has 110 valence electrons. The third kappa shape index (κ3) is 5.12. The summed E-state index contributed by atoms with van der Waals surface area (Å²) in [4.78, 5) is 11.7. The van der Waals surface area contributed by atoms with Gasteiger partial charge >= 0.3 is 0 Å². The quantitative estimate of drug-likeness (QED) is 0.845. The Morgan fingerprint density at radius 2 is 2.10 bits per heavy atom. The Hall–Kier alpha value is -1.10. The van der Waals surface area contributed by atoms with Gasteiger partial charge in [-0.15, -0.1) is 0 Å². The third-order valence-electron chi connectivity index (χ3n) is 3.40. The van der Waals surface area contributed by atoms with Gasteiger partial charge in [0, 0.05) is 18.0 Å². The Morgan fingerprint density at radius 3 is 2.85 bits per heavy atom. The van der Waals surface area contributed by atoms with Gasteiger partial charge in [-0.25, -0.2) is 0 Å². The van der Waals surface area contributed by atoms with Gasteiger partial charge in [0.05, 0.1) is 12.7 Å². The van der Waals surface area contributed by atoms with Crippen LogP contribution in [-0.2, 0) is 16.1 Å². The van der Waals surface area contributed by atoms with E-state index in [0.29, 0.717) is 30.7 Å². The molecule has 0 radical (unpaired) electrons. The number of rotatable bonds is 6. The van der Waals surface area contributed by atoms with Crippen molar-refractivity contribution in [3.05, 3.63) is 34.9 Å². The van der Waals surface area contributed by atoms with Crippen molar-refractivity contribution >= 4 is 17.5 Å². The van der Waals surface area contributed by atoms with Crippen LogP contribution in [0.2, 0.25) is 5.02 Å². The van der Waals surface area contributed by atoms with Crippen LogP contribution in [0.4, 0.5) is 0 Å². The first-order chi connectivity index (χ1) is 9.75. The standard InChI is InChI=1S/C15H21ClN2O2/c16-14-4-2-1-3-12(14)11-18-15(19)7-10-20-13-5-8-17-9-6-13/h1-4,13,17H,5-11H2,(H,18,19). The molecule has 1 aromatic carbocycles. The van der Waals surface area contributed by atoms with Gasteiger partial charge in [0.25, 0.3) is 0 Å². The molecule has 0 bridgehead atoms. The molecule has 2 rings (SSSR count). The van der Waals surface area contributed by atoms with Crippen LogP contribution in [0.25, 0.3) is 0 Å². The zero-order valence-electron chi connectivity index (χ0n) is 11.5. The molecule has 0 aliphatic carbocycles. The minimum absolute atomic E-state index is 0.00106. The first-order valence-electron chi connectivity index (χ1n) is 7.08. The summed E-state index contributed by atoms with van der Waals surface area (Å²) >= 11 is 6.03. The lowest BCUT2D eigenvalue weighted by atomic mass is 10.1. The van der Waals surface area contributed by atoms with Crippen LogP contribution < -0.4 is 10.6 Å². The van der Waals surface area contributed by atoms with E-state index >= 15 is 0 Å². The van der Waals surface area contributed by atoms with Crippen LogP contribution in [-0.4, -0.2) is 31.7 Å². The summed E-state index contributed by atoms with van der Waals surface area (Å²) in [5.74, 6) is -0.00106. The van der Waals surface area contributed by atoms with Gasteiger partial charge in [0.15, 0.2) is 0 Å². The van der Waals surface area contributed by atoms with Gasteiger partial charge < -0.3 is 15.4 Å². The van der Waals surface area contributed by atoms with Gasteiger partial charge in [-0.05, 0) is 37.6 Å². The van der Waals surface area contributed by atoms with Crippen molar-refractivity contribution in [1.82, 2.24) is 10.6 Å². The molecule has 1 aromatic rings. The highest BCUT2D eigenvalue weighted by molar-refractivity contribution is 6.31. The lowest BCUT2D eigenvalue weighted by molar-refractivity contribution is -0.122. The zero-order chi connectivity index (χ0) is 14.2. The molecule has 2 N–H and O–H groups in total. The summed E-state index contributed by atoms with van der Waals surface area (Å²) in [5, 5.41) is 6.83. The first-order valence-corrected chi connectivity index (χ1v) is 7.46. The summed E-state index contributed by atoms with van der Waals surface area (Å²) in [7, 11) is 0. The van der Waals surface area contributed by atoms with Gasteiger partial charge in [-0.2, -0.15) is 0 Å². The molecule has 0 atom stereocenters. The minimum Gasteiger partial charge on any atom is -0.378 e.